The van der Waals surface area contributed by atoms with E-state index < -0.39 is 0 Å². The first-order chi connectivity index (χ1) is 9.40. The summed E-state index contributed by atoms with van der Waals surface area (Å²) in [7, 11) is 0. The molecule has 1 aliphatic heterocycles. The maximum Gasteiger partial charge on any atom is 0.0404 e. The highest BCUT2D eigenvalue weighted by molar-refractivity contribution is 5.61. The minimum Gasteiger partial charge on any atom is -0.368 e. The molecule has 104 valence electrons. The second-order valence-corrected chi connectivity index (χ2v) is 6.04. The molecule has 0 bridgehead atoms. The minimum absolute atomic E-state index is 0.802. The molecule has 2 nitrogen and oxygen atoms in total. The zero-order valence-corrected chi connectivity index (χ0v) is 11.9. The van der Waals surface area contributed by atoms with Crippen molar-refractivity contribution < 1.29 is 0 Å². The largest absolute Gasteiger partial charge is 0.368 e. The van der Waals surface area contributed by atoms with E-state index in [0.29, 0.717) is 0 Å². The number of nitrogens with zero attached hydrogens (tertiary/aromatic N) is 1. The number of aryl methyl sites for hydroxylation is 1. The average Bonchev–Trinajstić information content (AvgIpc) is 2.90. The number of fused-ring (bicyclic) bond motifs is 1. The normalized spacial score (nSPS) is 19.7. The van der Waals surface area contributed by atoms with Crippen molar-refractivity contribution in [3.05, 3.63) is 29.3 Å². The highest BCUT2D eigenvalue weighted by Crippen LogP contribution is 2.36. The van der Waals surface area contributed by atoms with Crippen LogP contribution < -0.4 is 10.6 Å². The summed E-state index contributed by atoms with van der Waals surface area (Å²) >= 11 is 0. The standard InChI is InChI=1S/C17H26N2/c18-12-5-7-14-6-4-10-17-16(14)11-13-19(17)15-8-2-1-3-9-15/h4,6,10,15H,1-3,5,7-9,11-13,18H2. The van der Waals surface area contributed by atoms with Crippen molar-refractivity contribution in [2.75, 3.05) is 18.0 Å². The molecule has 1 aliphatic carbocycles. The van der Waals surface area contributed by atoms with Crippen molar-refractivity contribution in [1.82, 2.24) is 0 Å². The maximum atomic E-state index is 5.66. The topological polar surface area (TPSA) is 29.3 Å². The van der Waals surface area contributed by atoms with E-state index in [-0.39, 0.29) is 0 Å². The molecular formula is C17H26N2. The van der Waals surface area contributed by atoms with Gasteiger partial charge in [-0.05, 0) is 55.8 Å². The predicted molar refractivity (Wildman–Crippen MR) is 81.7 cm³/mol. The number of rotatable bonds is 4. The third-order valence-electron chi connectivity index (χ3n) is 4.83. The Bertz CT molecular complexity index is 421. The van der Waals surface area contributed by atoms with Crippen LogP contribution in [0.15, 0.2) is 18.2 Å². The van der Waals surface area contributed by atoms with Gasteiger partial charge in [0.05, 0.1) is 0 Å². The van der Waals surface area contributed by atoms with Crippen LogP contribution in [-0.2, 0) is 12.8 Å². The molecule has 3 rings (SSSR count). The molecule has 0 atom stereocenters. The molecule has 1 saturated carbocycles. The van der Waals surface area contributed by atoms with Gasteiger partial charge in [0.25, 0.3) is 0 Å². The smallest absolute Gasteiger partial charge is 0.0404 e. The van der Waals surface area contributed by atoms with E-state index >= 15 is 0 Å². The molecule has 1 aromatic rings. The van der Waals surface area contributed by atoms with Crippen molar-refractivity contribution in [2.24, 2.45) is 5.73 Å². The van der Waals surface area contributed by atoms with Gasteiger partial charge in [-0.15, -0.1) is 0 Å². The van der Waals surface area contributed by atoms with Crippen LogP contribution in [0.1, 0.15) is 49.7 Å². The fourth-order valence-corrected chi connectivity index (χ4v) is 3.83. The first kappa shape index (κ1) is 13.0. The lowest BCUT2D eigenvalue weighted by molar-refractivity contribution is 0.420. The van der Waals surface area contributed by atoms with Gasteiger partial charge in [0.1, 0.15) is 0 Å². The highest BCUT2D eigenvalue weighted by atomic mass is 15.2. The molecular weight excluding hydrogens is 232 g/mol. The van der Waals surface area contributed by atoms with Gasteiger partial charge in [-0.1, -0.05) is 31.4 Å². The zero-order valence-electron chi connectivity index (χ0n) is 11.9. The molecule has 2 N–H and O–H groups in total. The lowest BCUT2D eigenvalue weighted by Gasteiger charge is -2.33. The number of hydrogen-bond acceptors (Lipinski definition) is 2. The Kier molecular flexibility index (Phi) is 4.07. The Morgan fingerprint density at radius 3 is 2.79 bits per heavy atom. The highest BCUT2D eigenvalue weighted by Gasteiger charge is 2.28. The molecule has 0 radical (unpaired) electrons. The van der Waals surface area contributed by atoms with E-state index in [1.165, 1.54) is 50.8 Å². The van der Waals surface area contributed by atoms with E-state index in [9.17, 15) is 0 Å². The van der Waals surface area contributed by atoms with Crippen molar-refractivity contribution in [1.29, 1.82) is 0 Å². The molecule has 2 heteroatoms. The van der Waals surface area contributed by atoms with Gasteiger partial charge < -0.3 is 10.6 Å². The monoisotopic (exact) mass is 258 g/mol. The quantitative estimate of drug-likeness (QED) is 0.898. The Hall–Kier alpha value is -1.02. The second kappa shape index (κ2) is 5.96. The van der Waals surface area contributed by atoms with Crippen LogP contribution in [0, 0.1) is 0 Å². The summed E-state index contributed by atoms with van der Waals surface area (Å²) in [4.78, 5) is 2.69. The van der Waals surface area contributed by atoms with E-state index in [1.54, 1.807) is 11.1 Å². The number of nitrogens with two attached hydrogens (primary N) is 1. The summed E-state index contributed by atoms with van der Waals surface area (Å²) < 4.78 is 0. The van der Waals surface area contributed by atoms with E-state index in [4.69, 9.17) is 5.73 Å². The third-order valence-corrected chi connectivity index (χ3v) is 4.83. The van der Waals surface area contributed by atoms with Crippen LogP contribution in [0.4, 0.5) is 5.69 Å². The van der Waals surface area contributed by atoms with Gasteiger partial charge in [0, 0.05) is 18.3 Å². The Labute approximate surface area is 117 Å². The summed E-state index contributed by atoms with van der Waals surface area (Å²) in [5.41, 5.74) is 10.3. The number of hydrogen-bond donors (Lipinski definition) is 1. The molecule has 0 saturated heterocycles. The summed E-state index contributed by atoms with van der Waals surface area (Å²) in [6.07, 6.45) is 10.6. The van der Waals surface area contributed by atoms with Crippen molar-refractivity contribution in [2.45, 2.75) is 57.4 Å². The van der Waals surface area contributed by atoms with Crippen molar-refractivity contribution >= 4 is 5.69 Å². The van der Waals surface area contributed by atoms with Gasteiger partial charge >= 0.3 is 0 Å². The summed E-state index contributed by atoms with van der Waals surface area (Å²) in [5.74, 6) is 0. The van der Waals surface area contributed by atoms with E-state index in [1.807, 2.05) is 0 Å². The predicted octanol–water partition coefficient (Wildman–Crippen LogP) is 3.27. The van der Waals surface area contributed by atoms with Gasteiger partial charge in [-0.25, -0.2) is 0 Å². The van der Waals surface area contributed by atoms with Crippen LogP contribution in [0.3, 0.4) is 0 Å². The van der Waals surface area contributed by atoms with Crippen LogP contribution in [-0.4, -0.2) is 19.1 Å². The van der Waals surface area contributed by atoms with Crippen LogP contribution in [0.25, 0.3) is 0 Å². The summed E-state index contributed by atoms with van der Waals surface area (Å²) in [5, 5.41) is 0. The average molecular weight is 258 g/mol. The van der Waals surface area contributed by atoms with Gasteiger partial charge in [-0.2, -0.15) is 0 Å². The van der Waals surface area contributed by atoms with E-state index in [0.717, 1.165) is 25.4 Å². The SMILES string of the molecule is NCCCc1cccc2c1CCN2C1CCCCC1. The third kappa shape index (κ3) is 2.64. The Morgan fingerprint density at radius 1 is 1.16 bits per heavy atom. The maximum absolute atomic E-state index is 5.66. The molecule has 0 unspecified atom stereocenters. The lowest BCUT2D eigenvalue weighted by Crippen LogP contribution is -2.35. The number of anilines is 1. The molecule has 19 heavy (non-hydrogen) atoms. The molecule has 1 aromatic carbocycles. The van der Waals surface area contributed by atoms with Crippen molar-refractivity contribution in [3.63, 3.8) is 0 Å². The second-order valence-electron chi connectivity index (χ2n) is 6.04. The molecule has 1 heterocycles. The first-order valence-corrected chi connectivity index (χ1v) is 7.97. The fourth-order valence-electron chi connectivity index (χ4n) is 3.83. The summed E-state index contributed by atoms with van der Waals surface area (Å²) in [6.45, 7) is 2.04. The minimum atomic E-state index is 0.802. The van der Waals surface area contributed by atoms with Crippen molar-refractivity contribution in [3.8, 4) is 0 Å². The molecule has 0 amide bonds. The first-order valence-electron chi connectivity index (χ1n) is 7.97. The van der Waals surface area contributed by atoms with Gasteiger partial charge in [0.2, 0.25) is 0 Å². The van der Waals surface area contributed by atoms with Gasteiger partial charge in [0.15, 0.2) is 0 Å². The van der Waals surface area contributed by atoms with Crippen LogP contribution in [0.5, 0.6) is 0 Å². The lowest BCUT2D eigenvalue weighted by atomic mass is 9.94. The fraction of sp³-hybridized carbons (Fsp3) is 0.647. The molecule has 0 aromatic heterocycles. The molecule has 1 fully saturated rings. The zero-order chi connectivity index (χ0) is 13.1. The molecule has 2 aliphatic rings. The van der Waals surface area contributed by atoms with E-state index in [2.05, 4.69) is 23.1 Å². The molecule has 0 spiro atoms. The van der Waals surface area contributed by atoms with Crippen LogP contribution >= 0.6 is 0 Å². The van der Waals surface area contributed by atoms with Gasteiger partial charge in [-0.3, -0.25) is 0 Å². The van der Waals surface area contributed by atoms with Crippen LogP contribution in [0.2, 0.25) is 0 Å². The number of benzene rings is 1. The Morgan fingerprint density at radius 2 is 2.00 bits per heavy atom. The summed E-state index contributed by atoms with van der Waals surface area (Å²) in [6, 6.07) is 7.69. The Balaban J connectivity index is 1.79.